The van der Waals surface area contributed by atoms with Gasteiger partial charge in [-0.1, -0.05) is 76.6 Å². The summed E-state index contributed by atoms with van der Waals surface area (Å²) in [7, 11) is -0.684. The van der Waals surface area contributed by atoms with Crippen LogP contribution in [-0.2, 0) is 57.7 Å². The van der Waals surface area contributed by atoms with E-state index in [1.54, 1.807) is 19.9 Å². The van der Waals surface area contributed by atoms with Crippen molar-refractivity contribution in [3.63, 3.8) is 0 Å². The van der Waals surface area contributed by atoms with Crippen molar-refractivity contribution >= 4 is 39.4 Å². The van der Waals surface area contributed by atoms with Gasteiger partial charge in [0.15, 0.2) is 5.78 Å². The van der Waals surface area contributed by atoms with Gasteiger partial charge in [-0.3, -0.25) is 19.2 Å². The molecular formula is C58H92N2O16S. The number of rotatable bonds is 10. The lowest BCUT2D eigenvalue weighted by Gasteiger charge is -2.43. The molecule has 3 saturated heterocycles. The highest BCUT2D eigenvalue weighted by atomic mass is 32.2. The SMILES string of the molecule is CO[C@@H]1C[C@H](C[C@@H](C)[C@@H]2CC[C@H](C)/C=C(\C)[C@@H](O)[C@@H](OC)C(=O)[C@H](C)C[C@H](C)/C=C/C=C/C=C(\C)C(N3CCCS3(=O)=O)C[C@@H]3CC[C@@H](C)[C@@](O)(O3)C(=O)C(=O)N3CCCC[C@H]3C(=O)O2)CC[C@H]1OC(=O)C(C)(CO)CO. The number of ether oxygens (including phenoxy) is 5. The lowest BCUT2D eigenvalue weighted by atomic mass is 9.78. The first kappa shape index (κ1) is 64.2. The molecule has 0 aromatic rings. The highest BCUT2D eigenvalue weighted by molar-refractivity contribution is 7.89. The van der Waals surface area contributed by atoms with Crippen LogP contribution in [-0.4, -0.2) is 168 Å². The van der Waals surface area contributed by atoms with E-state index < -0.39 is 119 Å². The maximum atomic E-state index is 14.7. The molecule has 1 aliphatic carbocycles. The summed E-state index contributed by atoms with van der Waals surface area (Å²) >= 11 is 0. The van der Waals surface area contributed by atoms with Crippen LogP contribution in [0.25, 0.3) is 0 Å². The molecule has 4 heterocycles. The van der Waals surface area contributed by atoms with Gasteiger partial charge in [0.2, 0.25) is 15.8 Å². The quantitative estimate of drug-likeness (QED) is 0.112. The standard InChI is InChI=1S/C58H92N2O16S/c1-36-17-12-11-13-18-38(3)46(60-27-16-28-77(60,70)71)33-44-23-21-42(7)58(69,76-44)53(65)54(66)59-26-15-14-19-45(59)55(67)74-47(24-20-37(2)30-41(6)51(64)52(73-10)50(63)40(5)29-36)39(4)31-43-22-25-48(49(32-43)72-9)75-56(68)57(8,34-61)35-62/h11-13,17-18,30,36-37,39-40,42-49,51-52,61-62,64,69H,14-16,19-29,31-35H2,1-10H3/b13-11+,17-12+,38-18+,41-30+/t36-,37+,39-,40-,42-,43+,44+,45+,46?,47+,48-,49-,51-,52+,58-/m1/s1. The third-order valence-electron chi connectivity index (χ3n) is 17.2. The second-order valence-corrected chi connectivity index (χ2v) is 25.6. The fraction of sp³-hybridized carbons (Fsp3) is 0.776. The summed E-state index contributed by atoms with van der Waals surface area (Å²) < 4.78 is 58.3. The second-order valence-electron chi connectivity index (χ2n) is 23.5. The summed E-state index contributed by atoms with van der Waals surface area (Å²) in [6, 6.07) is -1.81. The van der Waals surface area contributed by atoms with Crippen molar-refractivity contribution < 1.29 is 76.5 Å². The third-order valence-corrected chi connectivity index (χ3v) is 19.1. The number of piperidine rings is 1. The number of hydrogen-bond acceptors (Lipinski definition) is 16. The average Bonchev–Trinajstić information content (AvgIpc) is 3.77. The summed E-state index contributed by atoms with van der Waals surface area (Å²) in [6.45, 7) is 13.6. The van der Waals surface area contributed by atoms with Crippen molar-refractivity contribution in [1.82, 2.24) is 9.21 Å². The molecule has 0 spiro atoms. The van der Waals surface area contributed by atoms with Gasteiger partial charge in [0.05, 0.1) is 31.2 Å². The second kappa shape index (κ2) is 28.7. The molecule has 18 nitrogen and oxygen atoms in total. The van der Waals surface area contributed by atoms with Gasteiger partial charge in [0.1, 0.15) is 35.9 Å². The molecule has 15 atom stereocenters. The molecule has 5 aliphatic rings. The van der Waals surface area contributed by atoms with Crippen LogP contribution in [0.1, 0.15) is 145 Å². The molecule has 2 bridgehead atoms. The highest BCUT2D eigenvalue weighted by Crippen LogP contribution is 2.39. The number of fused-ring (bicyclic) bond motifs is 3. The molecule has 5 rings (SSSR count). The molecule has 1 unspecified atom stereocenters. The number of allylic oxidation sites excluding steroid dienone is 6. The topological polar surface area (TPSA) is 253 Å². The smallest absolute Gasteiger partial charge is 0.329 e. The van der Waals surface area contributed by atoms with Gasteiger partial charge in [-0.2, -0.15) is 4.31 Å². The van der Waals surface area contributed by atoms with E-state index in [0.717, 1.165) is 0 Å². The molecule has 19 heteroatoms. The summed E-state index contributed by atoms with van der Waals surface area (Å²) in [6.07, 6.45) is 12.4. The monoisotopic (exact) mass is 1100 g/mol. The van der Waals surface area contributed by atoms with Crippen molar-refractivity contribution in [2.24, 2.45) is 40.9 Å². The zero-order valence-corrected chi connectivity index (χ0v) is 48.3. The van der Waals surface area contributed by atoms with Crippen molar-refractivity contribution in [2.75, 3.05) is 46.3 Å². The van der Waals surface area contributed by atoms with E-state index in [2.05, 4.69) is 0 Å². The number of methoxy groups -OCH3 is 2. The van der Waals surface area contributed by atoms with Crippen LogP contribution in [0, 0.1) is 40.9 Å². The van der Waals surface area contributed by atoms with Crippen molar-refractivity contribution in [2.45, 2.75) is 200 Å². The lowest BCUT2D eigenvalue weighted by molar-refractivity contribution is -0.264. The maximum absolute atomic E-state index is 14.7. The highest BCUT2D eigenvalue weighted by Gasteiger charge is 2.54. The van der Waals surface area contributed by atoms with Gasteiger partial charge in [-0.25, -0.2) is 13.2 Å². The van der Waals surface area contributed by atoms with Crippen LogP contribution < -0.4 is 0 Å². The number of amides is 1. The summed E-state index contributed by atoms with van der Waals surface area (Å²) in [4.78, 5) is 71.8. The van der Waals surface area contributed by atoms with Gasteiger partial charge in [-0.05, 0) is 140 Å². The molecular weight excluding hydrogens is 1010 g/mol. The van der Waals surface area contributed by atoms with Gasteiger partial charge in [-0.15, -0.1) is 0 Å². The minimum Gasteiger partial charge on any atom is -0.461 e. The number of esters is 2. The molecule has 77 heavy (non-hydrogen) atoms. The van der Waals surface area contributed by atoms with E-state index in [1.165, 1.54) is 30.3 Å². The number of hydrogen-bond donors (Lipinski definition) is 4. The molecule has 4 aliphatic heterocycles. The Morgan fingerprint density at radius 3 is 2.19 bits per heavy atom. The number of cyclic esters (lactones) is 1. The van der Waals surface area contributed by atoms with Crippen LogP contribution in [0.15, 0.2) is 47.6 Å². The first-order valence-electron chi connectivity index (χ1n) is 28.2. The van der Waals surface area contributed by atoms with E-state index in [9.17, 15) is 52.8 Å². The predicted molar refractivity (Wildman–Crippen MR) is 289 cm³/mol. The molecule has 0 radical (unpaired) electrons. The Morgan fingerprint density at radius 2 is 1.55 bits per heavy atom. The first-order valence-corrected chi connectivity index (χ1v) is 29.8. The molecule has 436 valence electrons. The number of carbonyl (C=O) groups excluding carboxylic acids is 5. The Morgan fingerprint density at radius 1 is 0.831 bits per heavy atom. The largest absolute Gasteiger partial charge is 0.461 e. The fourth-order valence-electron chi connectivity index (χ4n) is 12.0. The Kier molecular flexibility index (Phi) is 23.9. The predicted octanol–water partition coefficient (Wildman–Crippen LogP) is 5.93. The first-order chi connectivity index (χ1) is 36.3. The zero-order chi connectivity index (χ0) is 57.0. The molecule has 4 fully saturated rings. The number of nitrogens with zero attached hydrogens (tertiary/aromatic N) is 2. The third kappa shape index (κ3) is 16.3. The van der Waals surface area contributed by atoms with E-state index in [4.69, 9.17) is 23.7 Å². The molecule has 0 aromatic carbocycles. The minimum absolute atomic E-state index is 0.0118. The number of ketones is 2. The number of aliphatic hydroxyl groups is 4. The normalized spacial score (nSPS) is 38.1. The van der Waals surface area contributed by atoms with Gasteiger partial charge < -0.3 is 49.0 Å². The van der Waals surface area contributed by atoms with Gasteiger partial charge >= 0.3 is 11.9 Å². The van der Waals surface area contributed by atoms with Crippen LogP contribution >= 0.6 is 0 Å². The Balaban J connectivity index is 1.47. The maximum Gasteiger partial charge on any atom is 0.329 e. The van der Waals surface area contributed by atoms with Gasteiger partial charge in [0, 0.05) is 45.2 Å². The summed E-state index contributed by atoms with van der Waals surface area (Å²) in [5.74, 6) is -8.08. The summed E-state index contributed by atoms with van der Waals surface area (Å²) in [5.41, 5.74) is -0.206. The van der Waals surface area contributed by atoms with Crippen LogP contribution in [0.2, 0.25) is 0 Å². The molecule has 1 saturated carbocycles. The molecule has 1 amide bonds. The van der Waals surface area contributed by atoms with E-state index in [-0.39, 0.29) is 61.1 Å². The Labute approximate surface area is 458 Å². The fourth-order valence-corrected chi connectivity index (χ4v) is 13.7. The van der Waals surface area contributed by atoms with Crippen molar-refractivity contribution in [3.05, 3.63) is 47.6 Å². The zero-order valence-electron chi connectivity index (χ0n) is 47.5. The number of carbonyl (C=O) groups is 5. The lowest BCUT2D eigenvalue weighted by Crippen LogP contribution is -2.61. The average molecular weight is 1110 g/mol. The minimum atomic E-state index is -3.63. The van der Waals surface area contributed by atoms with Crippen LogP contribution in [0.3, 0.4) is 0 Å². The van der Waals surface area contributed by atoms with E-state index in [1.807, 2.05) is 65.0 Å². The van der Waals surface area contributed by atoms with Gasteiger partial charge in [0.25, 0.3) is 11.7 Å². The molecule has 4 N–H and O–H groups in total. The summed E-state index contributed by atoms with van der Waals surface area (Å²) in [5, 5.41) is 43.4. The molecule has 0 aromatic heterocycles. The number of aliphatic hydroxyl groups excluding tert-OH is 3. The van der Waals surface area contributed by atoms with Crippen molar-refractivity contribution in [3.8, 4) is 0 Å². The number of Topliss-reactive ketones (excluding diaryl/α,β-unsaturated/α-hetero) is 2. The number of sulfonamides is 1. The van der Waals surface area contributed by atoms with Crippen molar-refractivity contribution in [1.29, 1.82) is 0 Å². The van der Waals surface area contributed by atoms with Crippen LogP contribution in [0.4, 0.5) is 0 Å². The van der Waals surface area contributed by atoms with Crippen LogP contribution in [0.5, 0.6) is 0 Å². The van der Waals surface area contributed by atoms with E-state index >= 15 is 0 Å². The Hall–Kier alpha value is -3.66. The van der Waals surface area contributed by atoms with E-state index in [0.29, 0.717) is 88.2 Å². The Bertz CT molecular complexity index is 2260.